The van der Waals surface area contributed by atoms with E-state index < -0.39 is 67.9 Å². The molecule has 18 heteroatoms. The standard InChI is InChI=1S/C23H15F9N4O4S/c1-2-41(38,39)16-9-13(12-3-6-15(7-4-12)40-19(22(27,28)29)23(30,31)32)10-33-18(16)36-20(37)35-11-14(21(24,25)26)5-8-17(35)34-36/h3-11,19H,2H2,1H3. The predicted molar refractivity (Wildman–Crippen MR) is 123 cm³/mol. The molecule has 1 aromatic carbocycles. The van der Waals surface area contributed by atoms with E-state index in [0.29, 0.717) is 21.3 Å². The Bertz CT molecular complexity index is 1740. The Morgan fingerprint density at radius 3 is 2.05 bits per heavy atom. The zero-order valence-electron chi connectivity index (χ0n) is 20.2. The molecule has 4 aromatic rings. The van der Waals surface area contributed by atoms with Crippen LogP contribution >= 0.6 is 0 Å². The van der Waals surface area contributed by atoms with Gasteiger partial charge in [-0.05, 0) is 35.9 Å². The minimum Gasteiger partial charge on any atom is -0.471 e. The summed E-state index contributed by atoms with van der Waals surface area (Å²) in [6.07, 6.45) is -18.8. The molecule has 0 spiro atoms. The van der Waals surface area contributed by atoms with E-state index in [0.717, 1.165) is 42.6 Å². The Labute approximate surface area is 223 Å². The maximum atomic E-state index is 13.1. The summed E-state index contributed by atoms with van der Waals surface area (Å²) >= 11 is 0. The molecule has 0 unspecified atom stereocenters. The number of alkyl halides is 9. The highest BCUT2D eigenvalue weighted by atomic mass is 32.2. The van der Waals surface area contributed by atoms with E-state index in [2.05, 4.69) is 14.8 Å². The summed E-state index contributed by atoms with van der Waals surface area (Å²) in [5.74, 6) is -1.83. The van der Waals surface area contributed by atoms with E-state index >= 15 is 0 Å². The number of pyridine rings is 2. The van der Waals surface area contributed by atoms with Crippen LogP contribution in [-0.4, -0.2) is 51.8 Å². The summed E-state index contributed by atoms with van der Waals surface area (Å²) in [6, 6.07) is 6.30. The van der Waals surface area contributed by atoms with Gasteiger partial charge in [0.25, 0.3) is 6.10 Å². The fourth-order valence-electron chi connectivity index (χ4n) is 3.60. The number of rotatable bonds is 6. The number of hydrogen-bond acceptors (Lipinski definition) is 6. The molecule has 0 aliphatic heterocycles. The SMILES string of the molecule is CCS(=O)(=O)c1cc(-c2ccc(OC(C(F)(F)F)C(F)(F)F)cc2)cnc1-n1nc2ccc(C(F)(F)F)cn2c1=O. The quantitative estimate of drug-likeness (QED) is 0.276. The van der Waals surface area contributed by atoms with Gasteiger partial charge in [-0.15, -0.1) is 5.10 Å². The maximum absolute atomic E-state index is 13.1. The normalized spacial score (nSPS) is 13.2. The van der Waals surface area contributed by atoms with Crippen molar-refractivity contribution in [1.29, 1.82) is 0 Å². The number of benzene rings is 1. The number of sulfone groups is 1. The zero-order chi connectivity index (χ0) is 30.5. The molecule has 4 rings (SSSR count). The molecule has 0 N–H and O–H groups in total. The number of fused-ring (bicyclic) bond motifs is 1. The summed E-state index contributed by atoms with van der Waals surface area (Å²) < 4.78 is 147. The van der Waals surface area contributed by atoms with Gasteiger partial charge in [0.15, 0.2) is 21.3 Å². The first kappa shape index (κ1) is 29.9. The Balaban J connectivity index is 1.77. The lowest BCUT2D eigenvalue weighted by atomic mass is 10.1. The van der Waals surface area contributed by atoms with Gasteiger partial charge < -0.3 is 4.74 Å². The first-order valence-electron chi connectivity index (χ1n) is 11.2. The molecular formula is C23H15F9N4O4S. The second-order valence-corrected chi connectivity index (χ2v) is 10.6. The van der Waals surface area contributed by atoms with Crippen LogP contribution in [0.25, 0.3) is 22.6 Å². The Hall–Kier alpha value is -4.09. The van der Waals surface area contributed by atoms with Gasteiger partial charge in [-0.25, -0.2) is 22.6 Å². The molecule has 3 aromatic heterocycles. The molecule has 3 heterocycles. The van der Waals surface area contributed by atoms with Gasteiger partial charge in [-0.1, -0.05) is 19.1 Å². The Morgan fingerprint density at radius 1 is 0.902 bits per heavy atom. The minimum atomic E-state index is -5.75. The Kier molecular flexibility index (Phi) is 7.34. The molecule has 0 radical (unpaired) electrons. The van der Waals surface area contributed by atoms with Crippen LogP contribution < -0.4 is 10.4 Å². The van der Waals surface area contributed by atoms with Gasteiger partial charge in [-0.3, -0.25) is 0 Å². The van der Waals surface area contributed by atoms with E-state index in [1.54, 1.807) is 0 Å². The van der Waals surface area contributed by atoms with Crippen LogP contribution in [-0.2, 0) is 16.0 Å². The highest BCUT2D eigenvalue weighted by molar-refractivity contribution is 7.91. The van der Waals surface area contributed by atoms with Gasteiger partial charge in [0.05, 0.1) is 11.3 Å². The van der Waals surface area contributed by atoms with E-state index in [-0.39, 0.29) is 16.8 Å². The van der Waals surface area contributed by atoms with Crippen LogP contribution in [0.15, 0.2) is 64.5 Å². The largest absolute Gasteiger partial charge is 0.471 e. The van der Waals surface area contributed by atoms with Crippen LogP contribution in [0.4, 0.5) is 39.5 Å². The molecule has 0 aliphatic rings. The van der Waals surface area contributed by atoms with Crippen molar-refractivity contribution in [2.24, 2.45) is 0 Å². The summed E-state index contributed by atoms with van der Waals surface area (Å²) in [7, 11) is -4.18. The van der Waals surface area contributed by atoms with Crippen LogP contribution in [0, 0.1) is 0 Å². The topological polar surface area (TPSA) is 95.6 Å². The predicted octanol–water partition coefficient (Wildman–Crippen LogP) is 5.23. The van der Waals surface area contributed by atoms with Crippen LogP contribution in [0.2, 0.25) is 0 Å². The van der Waals surface area contributed by atoms with E-state index in [4.69, 9.17) is 0 Å². The molecule has 0 saturated heterocycles. The molecule has 0 atom stereocenters. The summed E-state index contributed by atoms with van der Waals surface area (Å²) in [6.45, 7) is 1.26. The lowest BCUT2D eigenvalue weighted by Crippen LogP contribution is -2.46. The number of nitrogens with zero attached hydrogens (tertiary/aromatic N) is 4. The van der Waals surface area contributed by atoms with Crippen LogP contribution in [0.3, 0.4) is 0 Å². The third-order valence-electron chi connectivity index (χ3n) is 5.63. The number of hydrogen-bond donors (Lipinski definition) is 0. The number of halogens is 9. The van der Waals surface area contributed by atoms with Gasteiger partial charge >= 0.3 is 24.2 Å². The number of aromatic nitrogens is 4. The van der Waals surface area contributed by atoms with Gasteiger partial charge in [-0.2, -0.15) is 44.2 Å². The number of ether oxygens (including phenoxy) is 1. The van der Waals surface area contributed by atoms with Crippen molar-refractivity contribution in [1.82, 2.24) is 19.2 Å². The van der Waals surface area contributed by atoms with E-state index in [1.807, 2.05) is 0 Å². The van der Waals surface area contributed by atoms with Crippen molar-refractivity contribution in [3.63, 3.8) is 0 Å². The molecular weight excluding hydrogens is 599 g/mol. The highest BCUT2D eigenvalue weighted by Gasteiger charge is 2.59. The summed E-state index contributed by atoms with van der Waals surface area (Å²) in [5.41, 5.74) is -2.46. The highest BCUT2D eigenvalue weighted by Crippen LogP contribution is 2.37. The van der Waals surface area contributed by atoms with Crippen LogP contribution in [0.1, 0.15) is 12.5 Å². The fraction of sp³-hybridized carbons (Fsp3) is 0.261. The van der Waals surface area contributed by atoms with E-state index in [1.165, 1.54) is 6.92 Å². The van der Waals surface area contributed by atoms with Crippen molar-refractivity contribution in [2.45, 2.75) is 36.5 Å². The molecule has 0 bridgehead atoms. The summed E-state index contributed by atoms with van der Waals surface area (Å²) in [5, 5.41) is 3.87. The average Bonchev–Trinajstić information content (AvgIpc) is 3.21. The third kappa shape index (κ3) is 6.01. The molecule has 41 heavy (non-hydrogen) atoms. The van der Waals surface area contributed by atoms with Crippen molar-refractivity contribution >= 4 is 15.5 Å². The maximum Gasteiger partial charge on any atom is 0.434 e. The van der Waals surface area contributed by atoms with Crippen LogP contribution in [0.5, 0.6) is 5.75 Å². The second-order valence-electron chi connectivity index (χ2n) is 8.39. The molecule has 220 valence electrons. The molecule has 0 amide bonds. The second kappa shape index (κ2) is 10.1. The average molecular weight is 614 g/mol. The van der Waals surface area contributed by atoms with Gasteiger partial charge in [0.1, 0.15) is 10.6 Å². The first-order valence-corrected chi connectivity index (χ1v) is 12.8. The minimum absolute atomic E-state index is 0.0201. The van der Waals surface area contributed by atoms with Gasteiger partial charge in [0.2, 0.25) is 0 Å². The monoisotopic (exact) mass is 614 g/mol. The van der Waals surface area contributed by atoms with Crippen molar-refractivity contribution < 1.29 is 52.7 Å². The zero-order valence-corrected chi connectivity index (χ0v) is 21.0. The first-order chi connectivity index (χ1) is 18.8. The Morgan fingerprint density at radius 2 is 1.51 bits per heavy atom. The smallest absolute Gasteiger partial charge is 0.434 e. The molecule has 0 saturated carbocycles. The third-order valence-corrected chi connectivity index (χ3v) is 7.36. The van der Waals surface area contributed by atoms with Crippen molar-refractivity contribution in [2.75, 3.05) is 5.75 Å². The molecule has 0 aliphatic carbocycles. The lowest BCUT2D eigenvalue weighted by Gasteiger charge is -2.23. The fourth-order valence-corrected chi connectivity index (χ4v) is 4.64. The van der Waals surface area contributed by atoms with Crippen molar-refractivity contribution in [3.05, 3.63) is 70.9 Å². The molecule has 8 nitrogen and oxygen atoms in total. The van der Waals surface area contributed by atoms with E-state index in [9.17, 15) is 52.7 Å². The molecule has 0 fully saturated rings. The van der Waals surface area contributed by atoms with Gasteiger partial charge in [0, 0.05) is 18.0 Å². The lowest BCUT2D eigenvalue weighted by molar-refractivity contribution is -0.299. The summed E-state index contributed by atoms with van der Waals surface area (Å²) in [4.78, 5) is 16.3. The van der Waals surface area contributed by atoms with Crippen molar-refractivity contribution in [3.8, 4) is 22.7 Å².